The maximum atomic E-state index is 14.8. The fourth-order valence-corrected chi connectivity index (χ4v) is 2.75. The Hall–Kier alpha value is -0.720. The molecule has 2 saturated heterocycles. The second-order valence-corrected chi connectivity index (χ2v) is 6.24. The van der Waals surface area contributed by atoms with E-state index in [0.717, 1.165) is 26.2 Å². The number of ether oxygens (including phenoxy) is 2. The Morgan fingerprint density at radius 2 is 2.00 bits per heavy atom. The highest BCUT2D eigenvalue weighted by Crippen LogP contribution is 2.31. The van der Waals surface area contributed by atoms with Gasteiger partial charge in [-0.3, -0.25) is 4.79 Å². The fraction of sp³-hybridized carbons (Fsp3) is 0.929. The second kappa shape index (κ2) is 5.58. The summed E-state index contributed by atoms with van der Waals surface area (Å²) in [6.07, 6.45) is 0.470. The number of halogens is 1. The third kappa shape index (κ3) is 3.13. The van der Waals surface area contributed by atoms with E-state index in [1.807, 2.05) is 0 Å². The number of carbonyl (C=O) groups is 1. The number of hydrogen-bond donors (Lipinski definition) is 1. The van der Waals surface area contributed by atoms with E-state index in [2.05, 4.69) is 0 Å². The first-order chi connectivity index (χ1) is 9.24. The van der Waals surface area contributed by atoms with Crippen molar-refractivity contribution < 1.29 is 23.8 Å². The van der Waals surface area contributed by atoms with Crippen molar-refractivity contribution in [3.8, 4) is 0 Å². The third-order valence-electron chi connectivity index (χ3n) is 4.00. The minimum atomic E-state index is -2.36. The highest BCUT2D eigenvalue weighted by atomic mass is 19.1. The van der Waals surface area contributed by atoms with E-state index in [4.69, 9.17) is 9.47 Å². The van der Waals surface area contributed by atoms with Crippen molar-refractivity contribution in [2.75, 3.05) is 19.7 Å². The predicted molar refractivity (Wildman–Crippen MR) is 70.9 cm³/mol. The zero-order valence-corrected chi connectivity index (χ0v) is 12.4. The van der Waals surface area contributed by atoms with Crippen LogP contribution in [0.25, 0.3) is 0 Å². The summed E-state index contributed by atoms with van der Waals surface area (Å²) in [5.41, 5.74) is -2.36. The van der Waals surface area contributed by atoms with Crippen LogP contribution >= 0.6 is 0 Å². The number of piperidine rings is 1. The number of amides is 1. The maximum Gasteiger partial charge on any atom is 0.262 e. The van der Waals surface area contributed by atoms with E-state index < -0.39 is 29.6 Å². The van der Waals surface area contributed by atoms with Crippen LogP contribution in [-0.2, 0) is 14.3 Å². The normalized spacial score (nSPS) is 30.9. The van der Waals surface area contributed by atoms with Gasteiger partial charge in [0.15, 0.2) is 5.79 Å². The van der Waals surface area contributed by atoms with Crippen LogP contribution in [0.1, 0.15) is 40.0 Å². The van der Waals surface area contributed by atoms with Crippen LogP contribution in [0.15, 0.2) is 0 Å². The molecule has 2 aliphatic rings. The number of alkyl halides is 1. The molecule has 5 nitrogen and oxygen atoms in total. The maximum absolute atomic E-state index is 14.8. The molecule has 0 aliphatic carbocycles. The van der Waals surface area contributed by atoms with E-state index in [0.29, 0.717) is 13.1 Å². The minimum absolute atomic E-state index is 0.0843. The van der Waals surface area contributed by atoms with Gasteiger partial charge in [-0.05, 0) is 40.0 Å². The molecule has 0 aromatic carbocycles. The molecule has 2 aliphatic heterocycles. The SMILES string of the molecule is CC1(C)OC[C@H]([C@@H](O)[C@](C)(F)C(=O)N2CCCCC2)O1. The second-order valence-electron chi connectivity index (χ2n) is 6.24. The summed E-state index contributed by atoms with van der Waals surface area (Å²) in [4.78, 5) is 13.8. The average molecular weight is 289 g/mol. The van der Waals surface area contributed by atoms with Crippen LogP contribution in [0.4, 0.5) is 4.39 Å². The minimum Gasteiger partial charge on any atom is -0.386 e. The molecule has 0 spiro atoms. The lowest BCUT2D eigenvalue weighted by atomic mass is 9.94. The molecule has 1 N–H and O–H groups in total. The van der Waals surface area contributed by atoms with Crippen molar-refractivity contribution in [1.82, 2.24) is 4.90 Å². The van der Waals surface area contributed by atoms with E-state index in [9.17, 15) is 14.3 Å². The Balaban J connectivity index is 2.03. The van der Waals surface area contributed by atoms with Crippen molar-refractivity contribution in [3.05, 3.63) is 0 Å². The molecule has 0 aromatic rings. The number of carbonyl (C=O) groups excluding carboxylic acids is 1. The van der Waals surface area contributed by atoms with Crippen molar-refractivity contribution in [3.63, 3.8) is 0 Å². The summed E-state index contributed by atoms with van der Waals surface area (Å²) in [7, 11) is 0. The molecule has 0 saturated carbocycles. The number of aliphatic hydroxyl groups is 1. The molecule has 20 heavy (non-hydrogen) atoms. The van der Waals surface area contributed by atoms with Gasteiger partial charge in [0.25, 0.3) is 5.91 Å². The number of likely N-dealkylation sites (tertiary alicyclic amines) is 1. The molecule has 0 aromatic heterocycles. The first-order valence-electron chi connectivity index (χ1n) is 7.22. The van der Waals surface area contributed by atoms with Gasteiger partial charge in [-0.1, -0.05) is 0 Å². The molecule has 6 heteroatoms. The first-order valence-corrected chi connectivity index (χ1v) is 7.22. The average Bonchev–Trinajstić information content (AvgIpc) is 2.78. The van der Waals surface area contributed by atoms with Gasteiger partial charge >= 0.3 is 0 Å². The number of rotatable bonds is 3. The van der Waals surface area contributed by atoms with E-state index in [1.54, 1.807) is 13.8 Å². The highest BCUT2D eigenvalue weighted by molar-refractivity contribution is 5.85. The van der Waals surface area contributed by atoms with Gasteiger partial charge in [0.2, 0.25) is 5.67 Å². The zero-order chi connectivity index (χ0) is 15.0. The zero-order valence-electron chi connectivity index (χ0n) is 12.4. The molecule has 2 heterocycles. The number of aliphatic hydroxyl groups excluding tert-OH is 1. The summed E-state index contributed by atoms with van der Waals surface area (Å²) >= 11 is 0. The lowest BCUT2D eigenvalue weighted by Gasteiger charge is -2.35. The van der Waals surface area contributed by atoms with Crippen molar-refractivity contribution in [2.24, 2.45) is 0 Å². The standard InChI is InChI=1S/C14H24FNO4/c1-13(2)19-9-10(20-13)11(17)14(3,15)12(18)16-7-5-4-6-8-16/h10-11,17H,4-9H2,1-3H3/t10-,11-,14+/m1/s1. The molecular formula is C14H24FNO4. The Bertz CT molecular complexity index is 366. The quantitative estimate of drug-likeness (QED) is 0.849. The van der Waals surface area contributed by atoms with Crippen LogP contribution in [0.3, 0.4) is 0 Å². The summed E-state index contributed by atoms with van der Waals surface area (Å²) in [6, 6.07) is 0. The topological polar surface area (TPSA) is 59.0 Å². The highest BCUT2D eigenvalue weighted by Gasteiger charge is 2.51. The van der Waals surface area contributed by atoms with E-state index in [1.165, 1.54) is 4.90 Å². The van der Waals surface area contributed by atoms with Crippen molar-refractivity contribution in [2.45, 2.75) is 63.7 Å². The van der Waals surface area contributed by atoms with Gasteiger partial charge in [0.05, 0.1) is 6.61 Å². The summed E-state index contributed by atoms with van der Waals surface area (Å²) < 4.78 is 25.6. The Labute approximate surface area is 119 Å². The molecule has 0 bridgehead atoms. The van der Waals surface area contributed by atoms with Gasteiger partial charge in [0, 0.05) is 13.1 Å². The fourth-order valence-electron chi connectivity index (χ4n) is 2.75. The largest absolute Gasteiger partial charge is 0.386 e. The molecule has 2 fully saturated rings. The number of nitrogens with zero attached hydrogens (tertiary/aromatic N) is 1. The van der Waals surface area contributed by atoms with Crippen LogP contribution in [-0.4, -0.2) is 59.3 Å². The van der Waals surface area contributed by atoms with Gasteiger partial charge in [-0.25, -0.2) is 4.39 Å². The summed E-state index contributed by atoms with van der Waals surface area (Å²) in [5, 5.41) is 10.2. The number of hydrogen-bond acceptors (Lipinski definition) is 4. The predicted octanol–water partition coefficient (Wildman–Crippen LogP) is 1.24. The Morgan fingerprint density at radius 3 is 2.50 bits per heavy atom. The van der Waals surface area contributed by atoms with Gasteiger partial charge in [0.1, 0.15) is 12.2 Å². The van der Waals surface area contributed by atoms with Crippen LogP contribution < -0.4 is 0 Å². The lowest BCUT2D eigenvalue weighted by Crippen LogP contribution is -2.56. The monoisotopic (exact) mass is 289 g/mol. The van der Waals surface area contributed by atoms with Gasteiger partial charge in [-0.15, -0.1) is 0 Å². The van der Waals surface area contributed by atoms with Gasteiger partial charge in [-0.2, -0.15) is 0 Å². The summed E-state index contributed by atoms with van der Waals surface area (Å²) in [5.74, 6) is -1.51. The van der Waals surface area contributed by atoms with Crippen LogP contribution in [0, 0.1) is 0 Å². The Kier molecular flexibility index (Phi) is 4.37. The first kappa shape index (κ1) is 15.7. The van der Waals surface area contributed by atoms with Gasteiger partial charge < -0.3 is 19.5 Å². The molecular weight excluding hydrogens is 265 g/mol. The smallest absolute Gasteiger partial charge is 0.262 e. The van der Waals surface area contributed by atoms with E-state index in [-0.39, 0.29) is 6.61 Å². The molecule has 0 unspecified atom stereocenters. The third-order valence-corrected chi connectivity index (χ3v) is 4.00. The summed E-state index contributed by atoms with van der Waals surface area (Å²) in [6.45, 7) is 5.71. The molecule has 3 atom stereocenters. The Morgan fingerprint density at radius 1 is 1.40 bits per heavy atom. The molecule has 2 rings (SSSR count). The van der Waals surface area contributed by atoms with Crippen molar-refractivity contribution >= 4 is 5.91 Å². The molecule has 0 radical (unpaired) electrons. The molecule has 1 amide bonds. The van der Waals surface area contributed by atoms with Crippen LogP contribution in [0.2, 0.25) is 0 Å². The van der Waals surface area contributed by atoms with E-state index >= 15 is 0 Å². The van der Waals surface area contributed by atoms with Crippen LogP contribution in [0.5, 0.6) is 0 Å². The lowest BCUT2D eigenvalue weighted by molar-refractivity contribution is -0.176. The van der Waals surface area contributed by atoms with Crippen molar-refractivity contribution in [1.29, 1.82) is 0 Å². The molecule has 116 valence electrons.